The quantitative estimate of drug-likeness (QED) is 0.365. The zero-order chi connectivity index (χ0) is 51.0. The van der Waals surface area contributed by atoms with Crippen molar-refractivity contribution in [3.05, 3.63) is 23.3 Å². The van der Waals surface area contributed by atoms with Crippen molar-refractivity contribution in [3.63, 3.8) is 0 Å². The minimum absolute atomic E-state index is 0.126. The van der Waals surface area contributed by atoms with Crippen molar-refractivity contribution < 1.29 is 57.5 Å². The summed E-state index contributed by atoms with van der Waals surface area (Å²) in [4.78, 5) is 44.2. The van der Waals surface area contributed by atoms with Gasteiger partial charge in [0, 0.05) is 51.0 Å². The second-order valence-electron chi connectivity index (χ2n) is 10.9. The molecule has 5 aliphatic rings. The number of ketones is 2. The number of hydrogen-bond donors (Lipinski definition) is 0. The molecular weight excluding hydrogens is 462 g/mol. The first kappa shape index (κ1) is 8.90. The molecule has 0 spiro atoms. The molecule has 3 fully saturated rings. The maximum absolute atomic E-state index is 15.5. The number of carbonyl (C=O) groups is 3. The number of fused-ring (bicyclic) bond motifs is 7. The van der Waals surface area contributed by atoms with Gasteiger partial charge in [-0.15, -0.1) is 0 Å². The number of esters is 1. The minimum Gasteiger partial charge on any atom is -0.469 e. The highest BCUT2D eigenvalue weighted by Crippen LogP contribution is 2.74. The van der Waals surface area contributed by atoms with Crippen molar-refractivity contribution in [1.29, 1.82) is 5.26 Å². The number of Topliss-reactive ketones (excluding diaryl/α,β-unsaturated/α-hetero) is 1. The number of methoxy groups -OCH3 is 1. The predicted octanol–water partition coefficient (Wildman–Crippen LogP) is 6.38. The fourth-order valence-corrected chi connectivity index (χ4v) is 7.30. The first-order chi connectivity index (χ1) is 28.5. The van der Waals surface area contributed by atoms with Gasteiger partial charge in [-0.1, -0.05) is 59.6 Å². The summed E-state index contributed by atoms with van der Waals surface area (Å²) in [5.74, 6) is -14.8. The molecule has 0 aromatic rings. The van der Waals surface area contributed by atoms with Crippen LogP contribution < -0.4 is 0 Å². The van der Waals surface area contributed by atoms with Crippen molar-refractivity contribution in [1.82, 2.24) is 0 Å². The van der Waals surface area contributed by atoms with Gasteiger partial charge < -0.3 is 4.74 Å². The Kier molecular flexibility index (Phi) is 1.85. The molecule has 7 atom stereocenters. The smallest absolute Gasteiger partial charge is 0.312 e. The van der Waals surface area contributed by atoms with E-state index in [1.54, 1.807) is 0 Å². The second kappa shape index (κ2) is 7.67. The molecule has 0 radical (unpaired) electrons. The summed E-state index contributed by atoms with van der Waals surface area (Å²) >= 11 is 0. The zero-order valence-corrected chi connectivity index (χ0v) is 19.5. The Morgan fingerprint density at radius 1 is 1.11 bits per heavy atom. The molecule has 5 heteroatoms. The van der Waals surface area contributed by atoms with Gasteiger partial charge in [0.05, 0.1) is 22.1 Å². The molecule has 0 aromatic heterocycles. The SMILES string of the molecule is [2H]C([2H])([2H])OC(=O)[C@@]12CC[C@]3(C([2H])([2H])[2H])[C@H](C(=O)C=C4[C@@]5(C([2H])([2H])[2H])C=C(C#N)C(=O)C(C([2H])([2H])[2H])(C([2H])([2H])[2H])[C@@H]5CC[C@]43C([2H])([2H])[2H])[C@@H]1C([2H])([2H])C(C([2H])([2H])[2H])(C([2H])([2H])[2H])C([2H])([2H])C2. The van der Waals surface area contributed by atoms with Gasteiger partial charge in [-0.2, -0.15) is 5.26 Å². The molecule has 0 unspecified atom stereocenters. The lowest BCUT2D eigenvalue weighted by molar-refractivity contribution is -0.191. The van der Waals surface area contributed by atoms with E-state index in [1.165, 1.54) is 6.07 Å². The van der Waals surface area contributed by atoms with Crippen LogP contribution in [0, 0.1) is 61.6 Å². The Labute approximate surface area is 261 Å². The van der Waals surface area contributed by atoms with Gasteiger partial charge in [0.2, 0.25) is 0 Å². The molecule has 3 saturated carbocycles. The fraction of sp³-hybridized carbons (Fsp3) is 0.750. The van der Waals surface area contributed by atoms with Gasteiger partial charge in [-0.05, 0) is 79.0 Å². The van der Waals surface area contributed by atoms with E-state index in [-0.39, 0.29) is 12.2 Å². The van der Waals surface area contributed by atoms with E-state index in [1.807, 2.05) is 0 Å². The molecule has 0 amide bonds. The maximum atomic E-state index is 15.5. The summed E-state index contributed by atoms with van der Waals surface area (Å²) in [6.45, 7) is -29.0. The van der Waals surface area contributed by atoms with Crippen molar-refractivity contribution in [2.75, 3.05) is 7.04 Å². The standard InChI is InChI=1S/C32H43NO4/c1-27(2)11-13-32(26(36)37-8)14-12-31(7)24(20(32)17-27)21(34)15-23-29(5)16-19(18-33)25(35)28(3,4)22(29)9-10-30(23,31)6/h15-16,20,22,24H,9-14,17H2,1-8H3/t20-,22-,24-,29-,30+,31+,32-/m0/s1/i1D3,2D3,3D3,4D3,5D3,6D3,7D3,8D3,11D2,17D2. The normalized spacial score (nSPS) is 62.3. The van der Waals surface area contributed by atoms with E-state index >= 15 is 4.79 Å². The molecule has 0 heterocycles. The Morgan fingerprint density at radius 3 is 2.59 bits per heavy atom. The highest BCUT2D eigenvalue weighted by atomic mass is 16.5. The van der Waals surface area contributed by atoms with Crippen molar-refractivity contribution >= 4 is 17.5 Å². The van der Waals surface area contributed by atoms with E-state index in [0.29, 0.717) is 0 Å². The van der Waals surface area contributed by atoms with Gasteiger partial charge in [0.1, 0.15) is 6.07 Å². The van der Waals surface area contributed by atoms with Gasteiger partial charge in [0.25, 0.3) is 0 Å². The van der Waals surface area contributed by atoms with Gasteiger partial charge >= 0.3 is 5.97 Å². The molecular formula is C32H43NO4. The first-order valence-electron chi connectivity index (χ1n) is 25.6. The summed E-state index contributed by atoms with van der Waals surface area (Å²) < 4.78 is 249. The zero-order valence-electron chi connectivity index (χ0n) is 47.5. The third-order valence-electron chi connectivity index (χ3n) is 9.20. The first-order valence-corrected chi connectivity index (χ1v) is 11.6. The molecule has 5 rings (SSSR count). The number of rotatable bonds is 1. The Balaban J connectivity index is 2.14. The van der Waals surface area contributed by atoms with Crippen molar-refractivity contribution in [3.8, 4) is 6.07 Å². The third kappa shape index (κ3) is 3.11. The van der Waals surface area contributed by atoms with Crippen LogP contribution in [0.3, 0.4) is 0 Å². The van der Waals surface area contributed by atoms with E-state index in [0.717, 1.165) is 0 Å². The van der Waals surface area contributed by atoms with E-state index < -0.39 is 179 Å². The molecule has 37 heavy (non-hydrogen) atoms. The van der Waals surface area contributed by atoms with Gasteiger partial charge in [-0.3, -0.25) is 14.4 Å². The van der Waals surface area contributed by atoms with Crippen LogP contribution in [-0.2, 0) is 19.1 Å². The van der Waals surface area contributed by atoms with Crippen LogP contribution in [0.2, 0.25) is 0 Å². The van der Waals surface area contributed by atoms with Crippen LogP contribution in [-0.4, -0.2) is 24.6 Å². The second-order valence-corrected chi connectivity index (χ2v) is 10.9. The Hall–Kier alpha value is -2.22. The van der Waals surface area contributed by atoms with Crippen LogP contribution in [0.15, 0.2) is 23.3 Å². The lowest BCUT2D eigenvalue weighted by Gasteiger charge is -2.68. The lowest BCUT2D eigenvalue weighted by Crippen LogP contribution is -2.65. The summed E-state index contributed by atoms with van der Waals surface area (Å²) in [6.07, 6.45) is -15.3. The number of hydrogen-bond acceptors (Lipinski definition) is 5. The van der Waals surface area contributed by atoms with Gasteiger partial charge in [-0.25, -0.2) is 0 Å². The third-order valence-corrected chi connectivity index (χ3v) is 9.20. The minimum atomic E-state index is -4.45. The van der Waals surface area contributed by atoms with Crippen LogP contribution >= 0.6 is 0 Å². The van der Waals surface area contributed by atoms with Crippen molar-refractivity contribution in [2.24, 2.45) is 50.2 Å². The molecule has 0 aliphatic heterocycles. The molecule has 0 aromatic carbocycles. The average Bonchev–Trinajstić information content (AvgIpc) is 3.02. The highest BCUT2D eigenvalue weighted by molar-refractivity contribution is 6.04. The largest absolute Gasteiger partial charge is 0.469 e. The van der Waals surface area contributed by atoms with Crippen LogP contribution in [0.1, 0.15) is 131 Å². The summed E-state index contributed by atoms with van der Waals surface area (Å²) in [5.41, 5.74) is -25.0. The predicted molar refractivity (Wildman–Crippen MR) is 141 cm³/mol. The molecule has 5 aliphatic carbocycles. The molecule has 200 valence electrons. The fourth-order valence-electron chi connectivity index (χ4n) is 7.30. The monoisotopic (exact) mass is 533 g/mol. The summed E-state index contributed by atoms with van der Waals surface area (Å²) in [5, 5.41) is 10.3. The maximum Gasteiger partial charge on any atom is 0.312 e. The number of nitriles is 1. The Bertz CT molecular complexity index is 2130. The molecule has 0 saturated heterocycles. The van der Waals surface area contributed by atoms with Crippen LogP contribution in [0.25, 0.3) is 0 Å². The summed E-state index contributed by atoms with van der Waals surface area (Å²) in [7, 11) is -3.79. The van der Waals surface area contributed by atoms with E-state index in [4.69, 9.17) is 27.4 Å². The number of ether oxygens (including phenoxy) is 1. The molecule has 0 bridgehead atoms. The number of nitrogens with zero attached hydrogens (tertiary/aromatic N) is 1. The van der Waals surface area contributed by atoms with E-state index in [9.17, 15) is 25.8 Å². The van der Waals surface area contributed by atoms with Crippen molar-refractivity contribution in [2.45, 2.75) is 92.8 Å². The van der Waals surface area contributed by atoms with Crippen LogP contribution in [0.5, 0.6) is 0 Å². The van der Waals surface area contributed by atoms with Gasteiger partial charge in [0.15, 0.2) is 11.6 Å². The molecule has 5 nitrogen and oxygen atoms in total. The van der Waals surface area contributed by atoms with E-state index in [2.05, 4.69) is 4.74 Å². The average molecular weight is 534 g/mol. The summed E-state index contributed by atoms with van der Waals surface area (Å²) in [6, 6.07) is 1.27. The number of allylic oxidation sites excluding steroid dienone is 4. The highest BCUT2D eigenvalue weighted by Gasteiger charge is 2.71. The number of carbonyl (C=O) groups excluding carboxylic acids is 3. The topological polar surface area (TPSA) is 84.2 Å². The Morgan fingerprint density at radius 2 is 1.95 bits per heavy atom. The van der Waals surface area contributed by atoms with Crippen LogP contribution in [0.4, 0.5) is 0 Å². The lowest BCUT2D eigenvalue weighted by atomic mass is 9.34. The molecule has 0 N–H and O–H groups in total.